The fraction of sp³-hybridized carbons (Fsp3) is 0.667. The van der Waals surface area contributed by atoms with E-state index >= 15 is 0 Å². The van der Waals surface area contributed by atoms with Gasteiger partial charge in [-0.15, -0.1) is 11.6 Å². The summed E-state index contributed by atoms with van der Waals surface area (Å²) < 4.78 is 1.62. The summed E-state index contributed by atoms with van der Waals surface area (Å²) in [4.78, 5) is 12.0. The van der Waals surface area contributed by atoms with Gasteiger partial charge in [-0.3, -0.25) is 9.48 Å². The molecular formula is C12H18ClN3O. The highest BCUT2D eigenvalue weighted by Crippen LogP contribution is 2.22. The number of alkyl halides is 1. The van der Waals surface area contributed by atoms with Crippen molar-refractivity contribution < 1.29 is 4.79 Å². The zero-order valence-corrected chi connectivity index (χ0v) is 11.0. The standard InChI is InChI=1S/C12H18ClN3O/c1-8-7-11(16(2)15-8)12(17)14-10-5-3-9(13)4-6-10/h7,9-10H,3-6H2,1-2H3,(H,14,17). The zero-order chi connectivity index (χ0) is 12.4. The van der Waals surface area contributed by atoms with Gasteiger partial charge in [0.15, 0.2) is 0 Å². The van der Waals surface area contributed by atoms with Crippen LogP contribution in [0.4, 0.5) is 0 Å². The summed E-state index contributed by atoms with van der Waals surface area (Å²) in [6.07, 6.45) is 3.90. The first-order chi connectivity index (χ1) is 8.06. The Bertz CT molecular complexity index is 408. The highest BCUT2D eigenvalue weighted by Gasteiger charge is 2.22. The van der Waals surface area contributed by atoms with Crippen LogP contribution in [-0.4, -0.2) is 27.1 Å². The molecule has 1 saturated carbocycles. The van der Waals surface area contributed by atoms with Crippen molar-refractivity contribution >= 4 is 17.5 Å². The summed E-state index contributed by atoms with van der Waals surface area (Å²) in [6, 6.07) is 2.07. The van der Waals surface area contributed by atoms with Crippen molar-refractivity contribution in [3.63, 3.8) is 0 Å². The van der Waals surface area contributed by atoms with E-state index in [-0.39, 0.29) is 17.3 Å². The molecule has 0 spiro atoms. The Morgan fingerprint density at radius 3 is 2.65 bits per heavy atom. The fourth-order valence-corrected chi connectivity index (χ4v) is 2.53. The van der Waals surface area contributed by atoms with Gasteiger partial charge < -0.3 is 5.32 Å². The second-order valence-corrected chi connectivity index (χ2v) is 5.33. The molecule has 0 unspecified atom stereocenters. The Kier molecular flexibility index (Phi) is 3.72. The Morgan fingerprint density at radius 1 is 1.47 bits per heavy atom. The van der Waals surface area contributed by atoms with Crippen LogP contribution in [0.2, 0.25) is 0 Å². The Balaban J connectivity index is 1.95. The first kappa shape index (κ1) is 12.4. The third-order valence-electron chi connectivity index (χ3n) is 3.23. The zero-order valence-electron chi connectivity index (χ0n) is 10.2. The molecule has 1 aromatic heterocycles. The van der Waals surface area contributed by atoms with E-state index in [1.807, 2.05) is 13.0 Å². The number of hydrogen-bond donors (Lipinski definition) is 1. The molecule has 1 aliphatic carbocycles. The molecule has 0 aromatic carbocycles. The number of nitrogens with one attached hydrogen (secondary N) is 1. The topological polar surface area (TPSA) is 46.9 Å². The van der Waals surface area contributed by atoms with Gasteiger partial charge in [0.1, 0.15) is 5.69 Å². The average molecular weight is 256 g/mol. The molecule has 1 amide bonds. The highest BCUT2D eigenvalue weighted by atomic mass is 35.5. The largest absolute Gasteiger partial charge is 0.348 e. The molecule has 0 aliphatic heterocycles. The molecule has 4 nitrogen and oxygen atoms in total. The first-order valence-corrected chi connectivity index (χ1v) is 6.45. The molecule has 0 saturated heterocycles. The normalized spacial score (nSPS) is 24.6. The van der Waals surface area contributed by atoms with E-state index in [9.17, 15) is 4.79 Å². The minimum atomic E-state index is -0.0360. The number of amides is 1. The van der Waals surface area contributed by atoms with Crippen LogP contribution in [0.3, 0.4) is 0 Å². The van der Waals surface area contributed by atoms with Crippen LogP contribution >= 0.6 is 11.6 Å². The van der Waals surface area contributed by atoms with E-state index in [2.05, 4.69) is 10.4 Å². The van der Waals surface area contributed by atoms with Gasteiger partial charge in [0.2, 0.25) is 0 Å². The Hall–Kier alpha value is -1.03. The van der Waals surface area contributed by atoms with Gasteiger partial charge in [0.25, 0.3) is 5.91 Å². The molecule has 0 radical (unpaired) electrons. The summed E-state index contributed by atoms with van der Waals surface area (Å²) in [5, 5.41) is 7.50. The van der Waals surface area contributed by atoms with Crippen LogP contribution in [0.15, 0.2) is 6.07 Å². The van der Waals surface area contributed by atoms with E-state index in [1.165, 1.54) is 0 Å². The van der Waals surface area contributed by atoms with Crippen molar-refractivity contribution in [1.82, 2.24) is 15.1 Å². The van der Waals surface area contributed by atoms with Gasteiger partial charge in [-0.05, 0) is 38.7 Å². The quantitative estimate of drug-likeness (QED) is 0.822. The van der Waals surface area contributed by atoms with Crippen molar-refractivity contribution in [2.45, 2.75) is 44.0 Å². The molecule has 94 valence electrons. The third-order valence-corrected chi connectivity index (χ3v) is 3.66. The highest BCUT2D eigenvalue weighted by molar-refractivity contribution is 6.20. The van der Waals surface area contributed by atoms with Gasteiger partial charge in [-0.2, -0.15) is 5.10 Å². The van der Waals surface area contributed by atoms with E-state index in [1.54, 1.807) is 11.7 Å². The van der Waals surface area contributed by atoms with Crippen LogP contribution in [0.1, 0.15) is 41.9 Å². The summed E-state index contributed by atoms with van der Waals surface area (Å²) in [5.41, 5.74) is 1.48. The number of nitrogens with zero attached hydrogens (tertiary/aromatic N) is 2. The van der Waals surface area contributed by atoms with Gasteiger partial charge in [0.05, 0.1) is 5.69 Å². The number of hydrogen-bond acceptors (Lipinski definition) is 2. The van der Waals surface area contributed by atoms with E-state index < -0.39 is 0 Å². The summed E-state index contributed by atoms with van der Waals surface area (Å²) in [7, 11) is 1.79. The molecule has 0 atom stereocenters. The first-order valence-electron chi connectivity index (χ1n) is 6.02. The Labute approximate surface area is 106 Å². The molecule has 0 bridgehead atoms. The molecule has 2 rings (SSSR count). The lowest BCUT2D eigenvalue weighted by atomic mass is 9.95. The maximum atomic E-state index is 12.0. The lowest BCUT2D eigenvalue weighted by Crippen LogP contribution is -2.38. The predicted octanol–water partition coefficient (Wildman–Crippen LogP) is 2.01. The third kappa shape index (κ3) is 3.00. The van der Waals surface area contributed by atoms with Crippen LogP contribution in [0, 0.1) is 6.92 Å². The SMILES string of the molecule is Cc1cc(C(=O)NC2CCC(Cl)CC2)n(C)n1. The molecule has 1 aliphatic rings. The van der Waals surface area contributed by atoms with Gasteiger partial charge in [0, 0.05) is 18.5 Å². The van der Waals surface area contributed by atoms with Gasteiger partial charge in [-0.25, -0.2) is 0 Å². The minimum absolute atomic E-state index is 0.0360. The van der Waals surface area contributed by atoms with Crippen molar-refractivity contribution in [3.05, 3.63) is 17.5 Å². The monoisotopic (exact) mass is 255 g/mol. The van der Waals surface area contributed by atoms with Crippen LogP contribution in [-0.2, 0) is 7.05 Å². The smallest absolute Gasteiger partial charge is 0.269 e. The second kappa shape index (κ2) is 5.08. The lowest BCUT2D eigenvalue weighted by molar-refractivity contribution is 0.0918. The van der Waals surface area contributed by atoms with Crippen LogP contribution in [0.5, 0.6) is 0 Å². The molecular weight excluding hydrogens is 238 g/mol. The number of carbonyl (C=O) groups is 1. The summed E-state index contributed by atoms with van der Waals surface area (Å²) >= 11 is 6.04. The van der Waals surface area contributed by atoms with E-state index in [0.29, 0.717) is 5.69 Å². The minimum Gasteiger partial charge on any atom is -0.348 e. The van der Waals surface area contributed by atoms with Gasteiger partial charge >= 0.3 is 0 Å². The number of carbonyl (C=O) groups excluding carboxylic acids is 1. The van der Waals surface area contributed by atoms with Crippen LogP contribution in [0.25, 0.3) is 0 Å². The van der Waals surface area contributed by atoms with Gasteiger partial charge in [-0.1, -0.05) is 0 Å². The number of aryl methyl sites for hydroxylation is 2. The summed E-state index contributed by atoms with van der Waals surface area (Å²) in [6.45, 7) is 1.88. The predicted molar refractivity (Wildman–Crippen MR) is 67.3 cm³/mol. The lowest BCUT2D eigenvalue weighted by Gasteiger charge is -2.25. The van der Waals surface area contributed by atoms with Crippen molar-refractivity contribution in [1.29, 1.82) is 0 Å². The molecule has 5 heteroatoms. The maximum Gasteiger partial charge on any atom is 0.269 e. The average Bonchev–Trinajstić information content (AvgIpc) is 2.61. The molecule has 1 N–H and O–H groups in total. The molecule has 1 heterocycles. The molecule has 1 aromatic rings. The number of rotatable bonds is 2. The Morgan fingerprint density at radius 2 is 2.12 bits per heavy atom. The van der Waals surface area contributed by atoms with E-state index in [0.717, 1.165) is 31.4 Å². The summed E-state index contributed by atoms with van der Waals surface area (Å²) in [5.74, 6) is -0.0360. The number of aromatic nitrogens is 2. The van der Waals surface area contributed by atoms with Crippen LogP contribution < -0.4 is 5.32 Å². The second-order valence-electron chi connectivity index (χ2n) is 4.72. The molecule has 17 heavy (non-hydrogen) atoms. The maximum absolute atomic E-state index is 12.0. The van der Waals surface area contributed by atoms with Crippen molar-refractivity contribution in [3.8, 4) is 0 Å². The fourth-order valence-electron chi connectivity index (χ4n) is 2.28. The molecule has 1 fully saturated rings. The number of halogens is 1. The van der Waals surface area contributed by atoms with Crippen molar-refractivity contribution in [2.75, 3.05) is 0 Å². The van der Waals surface area contributed by atoms with Crippen molar-refractivity contribution in [2.24, 2.45) is 7.05 Å². The van der Waals surface area contributed by atoms with E-state index in [4.69, 9.17) is 11.6 Å².